The maximum Gasteiger partial charge on any atom is 0.124 e. The Kier molecular flexibility index (Phi) is 5.16. The van der Waals surface area contributed by atoms with Crippen molar-refractivity contribution in [1.29, 1.82) is 0 Å². The van der Waals surface area contributed by atoms with Crippen LogP contribution in [0.25, 0.3) is 0 Å². The summed E-state index contributed by atoms with van der Waals surface area (Å²) in [6.45, 7) is 4.11. The summed E-state index contributed by atoms with van der Waals surface area (Å²) in [6.07, 6.45) is 0. The fourth-order valence-corrected chi connectivity index (χ4v) is 3.92. The maximum absolute atomic E-state index is 6.33. The molecule has 1 nitrogen and oxygen atoms in total. The molecule has 0 aromatic heterocycles. The summed E-state index contributed by atoms with van der Waals surface area (Å²) < 4.78 is 6.39. The molecule has 0 heterocycles. The predicted molar refractivity (Wildman–Crippen MR) is 92.4 cm³/mol. The Labute approximate surface area is 141 Å². The van der Waals surface area contributed by atoms with Crippen molar-refractivity contribution in [2.45, 2.75) is 18.7 Å². The van der Waals surface area contributed by atoms with Crippen LogP contribution in [0, 0.1) is 13.8 Å². The number of hydrogen-bond donors (Lipinski definition) is 0. The van der Waals surface area contributed by atoms with Crippen molar-refractivity contribution in [2.24, 2.45) is 0 Å². The molecular weight excluding hydrogens is 403 g/mol. The quantitative estimate of drug-likeness (QED) is 0.538. The topological polar surface area (TPSA) is 9.23 Å². The van der Waals surface area contributed by atoms with Crippen molar-refractivity contribution < 1.29 is 4.74 Å². The number of benzene rings is 2. The molecule has 106 valence electrons. The van der Waals surface area contributed by atoms with E-state index in [2.05, 4.69) is 57.8 Å². The van der Waals surface area contributed by atoms with E-state index < -0.39 is 0 Å². The summed E-state index contributed by atoms with van der Waals surface area (Å²) in [5.41, 5.74) is 4.48. The molecule has 0 aliphatic heterocycles. The molecule has 0 amide bonds. The van der Waals surface area contributed by atoms with Crippen molar-refractivity contribution in [3.05, 3.63) is 62.1 Å². The van der Waals surface area contributed by atoms with E-state index >= 15 is 0 Å². The van der Waals surface area contributed by atoms with Gasteiger partial charge in [-0.25, -0.2) is 0 Å². The van der Waals surface area contributed by atoms with E-state index in [1.54, 1.807) is 7.11 Å². The first-order chi connectivity index (χ1) is 9.43. The number of methoxy groups -OCH3 is 1. The minimum Gasteiger partial charge on any atom is -0.496 e. The van der Waals surface area contributed by atoms with Gasteiger partial charge in [0.15, 0.2) is 0 Å². The summed E-state index contributed by atoms with van der Waals surface area (Å²) in [4.78, 5) is 0.0615. The molecule has 0 saturated carbocycles. The van der Waals surface area contributed by atoms with Crippen LogP contribution in [0.15, 0.2) is 34.8 Å². The smallest absolute Gasteiger partial charge is 0.124 e. The minimum atomic E-state index is 0.0615. The second kappa shape index (κ2) is 6.50. The Morgan fingerprint density at radius 2 is 1.70 bits per heavy atom. The molecule has 0 saturated heterocycles. The van der Waals surface area contributed by atoms with Crippen LogP contribution in [0.5, 0.6) is 5.75 Å². The van der Waals surface area contributed by atoms with Crippen LogP contribution in [0.1, 0.15) is 27.1 Å². The lowest BCUT2D eigenvalue weighted by molar-refractivity contribution is 0.408. The summed E-state index contributed by atoms with van der Waals surface area (Å²) in [5, 5.41) is 0.743. The van der Waals surface area contributed by atoms with Crippen LogP contribution in [-0.4, -0.2) is 7.11 Å². The highest BCUT2D eigenvalue weighted by molar-refractivity contribution is 9.10. The highest BCUT2D eigenvalue weighted by atomic mass is 79.9. The van der Waals surface area contributed by atoms with Crippen LogP contribution in [0.3, 0.4) is 0 Å². The van der Waals surface area contributed by atoms with Crippen LogP contribution >= 0.6 is 43.5 Å². The first-order valence-electron chi connectivity index (χ1n) is 6.18. The monoisotopic (exact) mass is 416 g/mol. The average molecular weight is 419 g/mol. The second-order valence-electron chi connectivity index (χ2n) is 4.72. The van der Waals surface area contributed by atoms with Crippen molar-refractivity contribution in [3.63, 3.8) is 0 Å². The number of rotatable bonds is 3. The van der Waals surface area contributed by atoms with Gasteiger partial charge < -0.3 is 4.74 Å². The Morgan fingerprint density at radius 3 is 2.20 bits per heavy atom. The van der Waals surface area contributed by atoms with Gasteiger partial charge in [-0.05, 0) is 48.2 Å². The lowest BCUT2D eigenvalue weighted by Gasteiger charge is -2.16. The zero-order valence-corrected chi connectivity index (χ0v) is 15.4. The molecule has 2 aromatic rings. The summed E-state index contributed by atoms with van der Waals surface area (Å²) in [5.74, 6) is 0.940. The van der Waals surface area contributed by atoms with E-state index in [0.29, 0.717) is 0 Å². The highest BCUT2D eigenvalue weighted by Crippen LogP contribution is 2.38. The fraction of sp³-hybridized carbons (Fsp3) is 0.250. The highest BCUT2D eigenvalue weighted by Gasteiger charge is 2.16. The van der Waals surface area contributed by atoms with Gasteiger partial charge in [0, 0.05) is 9.50 Å². The lowest BCUT2D eigenvalue weighted by Crippen LogP contribution is -1.98. The molecule has 20 heavy (non-hydrogen) atoms. The summed E-state index contributed by atoms with van der Waals surface area (Å²) >= 11 is 13.5. The number of halogens is 3. The van der Waals surface area contributed by atoms with Crippen LogP contribution in [0.2, 0.25) is 5.02 Å². The standard InChI is InChI=1S/C16H15Br2ClO/c1-9-6-11(7-10(2)16(9)20-3)15(18)13-5-4-12(17)8-14(13)19/h4-8,15H,1-3H3. The van der Waals surface area contributed by atoms with Gasteiger partial charge in [0.25, 0.3) is 0 Å². The predicted octanol–water partition coefficient (Wildman–Crippen LogP) is 6.21. The third-order valence-electron chi connectivity index (χ3n) is 3.21. The van der Waals surface area contributed by atoms with Gasteiger partial charge >= 0.3 is 0 Å². The fourth-order valence-electron chi connectivity index (χ4n) is 2.34. The zero-order valence-electron chi connectivity index (χ0n) is 11.5. The molecule has 0 fully saturated rings. The van der Waals surface area contributed by atoms with Gasteiger partial charge in [0.2, 0.25) is 0 Å². The normalized spacial score (nSPS) is 12.3. The zero-order chi connectivity index (χ0) is 14.9. The summed E-state index contributed by atoms with van der Waals surface area (Å²) in [6, 6.07) is 10.2. The molecule has 0 radical (unpaired) electrons. The number of ether oxygens (including phenoxy) is 1. The van der Waals surface area contributed by atoms with Crippen molar-refractivity contribution >= 4 is 43.5 Å². The van der Waals surface area contributed by atoms with Crippen molar-refractivity contribution in [2.75, 3.05) is 7.11 Å². The third-order valence-corrected chi connectivity index (χ3v) is 5.06. The van der Waals surface area contributed by atoms with Gasteiger partial charge in [-0.1, -0.05) is 61.7 Å². The molecular formula is C16H15Br2ClO. The maximum atomic E-state index is 6.33. The second-order valence-corrected chi connectivity index (χ2v) is 6.95. The first kappa shape index (κ1) is 15.9. The molecule has 0 N–H and O–H groups in total. The molecule has 4 heteroatoms. The van der Waals surface area contributed by atoms with Gasteiger partial charge in [0.1, 0.15) is 5.75 Å². The minimum absolute atomic E-state index is 0.0615. The molecule has 0 aliphatic carbocycles. The van der Waals surface area contributed by atoms with E-state index in [-0.39, 0.29) is 4.83 Å². The van der Waals surface area contributed by atoms with Crippen molar-refractivity contribution in [1.82, 2.24) is 0 Å². The summed E-state index contributed by atoms with van der Waals surface area (Å²) in [7, 11) is 1.70. The molecule has 1 atom stereocenters. The van der Waals surface area contributed by atoms with E-state index in [1.165, 1.54) is 5.56 Å². The van der Waals surface area contributed by atoms with E-state index in [0.717, 1.165) is 31.9 Å². The van der Waals surface area contributed by atoms with Gasteiger partial charge in [0.05, 0.1) is 11.9 Å². The van der Waals surface area contributed by atoms with E-state index in [4.69, 9.17) is 16.3 Å². The number of alkyl halides is 1. The van der Waals surface area contributed by atoms with Crippen LogP contribution in [-0.2, 0) is 0 Å². The molecule has 0 aliphatic rings. The molecule has 2 aromatic carbocycles. The molecule has 0 bridgehead atoms. The lowest BCUT2D eigenvalue weighted by atomic mass is 9.99. The van der Waals surface area contributed by atoms with Crippen LogP contribution < -0.4 is 4.74 Å². The van der Waals surface area contributed by atoms with Crippen LogP contribution in [0.4, 0.5) is 0 Å². The van der Waals surface area contributed by atoms with E-state index in [1.807, 2.05) is 18.2 Å². The number of aryl methyl sites for hydroxylation is 2. The largest absolute Gasteiger partial charge is 0.496 e. The molecule has 1 unspecified atom stereocenters. The Morgan fingerprint density at radius 1 is 1.10 bits per heavy atom. The third kappa shape index (κ3) is 3.21. The van der Waals surface area contributed by atoms with Gasteiger partial charge in [-0.15, -0.1) is 0 Å². The van der Waals surface area contributed by atoms with E-state index in [9.17, 15) is 0 Å². The Balaban J connectivity index is 2.45. The number of hydrogen-bond acceptors (Lipinski definition) is 1. The average Bonchev–Trinajstić information content (AvgIpc) is 2.37. The first-order valence-corrected chi connectivity index (χ1v) is 8.27. The Hall–Kier alpha value is -0.510. The molecule has 0 spiro atoms. The van der Waals surface area contributed by atoms with Gasteiger partial charge in [-0.2, -0.15) is 0 Å². The van der Waals surface area contributed by atoms with Crippen molar-refractivity contribution in [3.8, 4) is 5.75 Å². The molecule has 2 rings (SSSR count). The SMILES string of the molecule is COc1c(C)cc(C(Br)c2ccc(Br)cc2Cl)cc1C. The van der Waals surface area contributed by atoms with Gasteiger partial charge in [-0.3, -0.25) is 0 Å². The Bertz CT molecular complexity index is 617.